The molecule has 0 saturated heterocycles. The van der Waals surface area contributed by atoms with E-state index in [2.05, 4.69) is 14.7 Å². The minimum atomic E-state index is -0.742. The average molecular weight is 229 g/mol. The molecule has 0 saturated carbocycles. The predicted molar refractivity (Wildman–Crippen MR) is 59.2 cm³/mol. The van der Waals surface area contributed by atoms with Crippen LogP contribution < -0.4 is 5.32 Å². The Kier molecular flexibility index (Phi) is 4.48. The second kappa shape index (κ2) is 5.65. The molecular formula is C9H15N3O2S. The second-order valence-corrected chi connectivity index (χ2v) is 4.32. The van der Waals surface area contributed by atoms with Crippen molar-refractivity contribution in [3.63, 3.8) is 0 Å². The molecule has 1 atom stereocenters. The number of carboxylic acid groups (broad SMARTS) is 1. The number of nitrogens with one attached hydrogen (secondary N) is 1. The number of nitrogens with zero attached hydrogens (tertiary/aromatic N) is 2. The van der Waals surface area contributed by atoms with Crippen LogP contribution >= 0.6 is 11.5 Å². The van der Waals surface area contributed by atoms with Crippen LogP contribution in [0.1, 0.15) is 25.6 Å². The molecule has 6 heteroatoms. The third-order valence-electron chi connectivity index (χ3n) is 1.98. The van der Waals surface area contributed by atoms with Gasteiger partial charge in [0.05, 0.1) is 0 Å². The monoisotopic (exact) mass is 229 g/mol. The van der Waals surface area contributed by atoms with E-state index in [0.29, 0.717) is 12.3 Å². The molecule has 1 aromatic heterocycles. The van der Waals surface area contributed by atoms with Crippen LogP contribution in [-0.4, -0.2) is 27.0 Å². The van der Waals surface area contributed by atoms with Crippen LogP contribution in [0.3, 0.4) is 0 Å². The largest absolute Gasteiger partial charge is 0.481 e. The van der Waals surface area contributed by atoms with Gasteiger partial charge in [0.25, 0.3) is 0 Å². The summed E-state index contributed by atoms with van der Waals surface area (Å²) in [5.74, 6) is 0.347. The zero-order valence-electron chi connectivity index (χ0n) is 8.86. The molecule has 0 amide bonds. The third-order valence-corrected chi connectivity index (χ3v) is 2.74. The minimum Gasteiger partial charge on any atom is -0.481 e. The van der Waals surface area contributed by atoms with Crippen molar-refractivity contribution in [2.75, 3.05) is 11.9 Å². The van der Waals surface area contributed by atoms with Crippen molar-refractivity contribution < 1.29 is 9.90 Å². The van der Waals surface area contributed by atoms with Crippen molar-refractivity contribution in [2.45, 2.75) is 26.7 Å². The van der Waals surface area contributed by atoms with Crippen molar-refractivity contribution in [1.29, 1.82) is 0 Å². The maximum Gasteiger partial charge on any atom is 0.303 e. The SMILES string of the molecule is Cc1nsc(NCC(C)CCC(=O)O)n1. The van der Waals surface area contributed by atoms with E-state index in [1.54, 1.807) is 0 Å². The van der Waals surface area contributed by atoms with E-state index in [0.717, 1.165) is 17.5 Å². The Labute approximate surface area is 92.7 Å². The molecule has 1 aromatic rings. The lowest BCUT2D eigenvalue weighted by Gasteiger charge is -2.09. The van der Waals surface area contributed by atoms with Gasteiger partial charge in [0.2, 0.25) is 5.13 Å². The minimum absolute atomic E-state index is 0.220. The van der Waals surface area contributed by atoms with Crippen molar-refractivity contribution in [3.8, 4) is 0 Å². The first-order chi connectivity index (χ1) is 7.08. The lowest BCUT2D eigenvalue weighted by molar-refractivity contribution is -0.137. The summed E-state index contributed by atoms with van der Waals surface area (Å²) in [5.41, 5.74) is 0. The van der Waals surface area contributed by atoms with Gasteiger partial charge >= 0.3 is 5.97 Å². The normalized spacial score (nSPS) is 12.4. The van der Waals surface area contributed by atoms with Crippen LogP contribution in [-0.2, 0) is 4.79 Å². The first-order valence-corrected chi connectivity index (χ1v) is 5.61. The fourth-order valence-electron chi connectivity index (χ4n) is 1.10. The van der Waals surface area contributed by atoms with E-state index < -0.39 is 5.97 Å². The van der Waals surface area contributed by atoms with Crippen LogP contribution in [0.5, 0.6) is 0 Å². The zero-order valence-corrected chi connectivity index (χ0v) is 9.67. The highest BCUT2D eigenvalue weighted by molar-refractivity contribution is 7.09. The van der Waals surface area contributed by atoms with Gasteiger partial charge in [-0.05, 0) is 19.3 Å². The van der Waals surface area contributed by atoms with E-state index in [1.807, 2.05) is 13.8 Å². The van der Waals surface area contributed by atoms with E-state index in [-0.39, 0.29) is 6.42 Å². The van der Waals surface area contributed by atoms with Crippen molar-refractivity contribution >= 4 is 22.6 Å². The number of anilines is 1. The Balaban J connectivity index is 2.22. The van der Waals surface area contributed by atoms with E-state index in [4.69, 9.17) is 5.11 Å². The summed E-state index contributed by atoms with van der Waals surface area (Å²) in [6, 6.07) is 0. The molecule has 1 unspecified atom stereocenters. The fraction of sp³-hybridized carbons (Fsp3) is 0.667. The Hall–Kier alpha value is -1.17. The number of hydrogen-bond donors (Lipinski definition) is 2. The van der Waals surface area contributed by atoms with Gasteiger partial charge in [0.1, 0.15) is 5.82 Å². The summed E-state index contributed by atoms with van der Waals surface area (Å²) in [7, 11) is 0. The van der Waals surface area contributed by atoms with Gasteiger partial charge in [0, 0.05) is 24.5 Å². The lowest BCUT2D eigenvalue weighted by atomic mass is 10.1. The summed E-state index contributed by atoms with van der Waals surface area (Å²) >= 11 is 1.33. The molecule has 1 heterocycles. The van der Waals surface area contributed by atoms with E-state index in [1.165, 1.54) is 11.5 Å². The smallest absolute Gasteiger partial charge is 0.303 e. The Bertz CT molecular complexity index is 327. The van der Waals surface area contributed by atoms with Crippen molar-refractivity contribution in [1.82, 2.24) is 9.36 Å². The molecule has 0 aliphatic carbocycles. The number of rotatable bonds is 6. The van der Waals surface area contributed by atoms with Gasteiger partial charge in [-0.2, -0.15) is 4.37 Å². The van der Waals surface area contributed by atoms with Crippen LogP contribution in [0.25, 0.3) is 0 Å². The van der Waals surface area contributed by atoms with E-state index in [9.17, 15) is 4.79 Å². The van der Waals surface area contributed by atoms with Crippen LogP contribution in [0.4, 0.5) is 5.13 Å². The van der Waals surface area contributed by atoms with Crippen LogP contribution in [0.15, 0.2) is 0 Å². The predicted octanol–water partition coefficient (Wildman–Crippen LogP) is 1.76. The molecule has 0 aliphatic heterocycles. The van der Waals surface area contributed by atoms with Crippen molar-refractivity contribution in [3.05, 3.63) is 5.82 Å². The van der Waals surface area contributed by atoms with Crippen molar-refractivity contribution in [2.24, 2.45) is 5.92 Å². The number of aryl methyl sites for hydroxylation is 1. The summed E-state index contributed by atoms with van der Waals surface area (Å²) in [5, 5.41) is 12.5. The van der Waals surface area contributed by atoms with Gasteiger partial charge in [0.15, 0.2) is 0 Å². The molecule has 0 fully saturated rings. The highest BCUT2D eigenvalue weighted by atomic mass is 32.1. The standard InChI is InChI=1S/C9H15N3O2S/c1-6(3-4-8(13)14)5-10-9-11-7(2)12-15-9/h6H,3-5H2,1-2H3,(H,13,14)(H,10,11,12). The number of hydrogen-bond acceptors (Lipinski definition) is 5. The molecule has 15 heavy (non-hydrogen) atoms. The highest BCUT2D eigenvalue weighted by Crippen LogP contribution is 2.12. The molecule has 2 N–H and O–H groups in total. The molecule has 0 aromatic carbocycles. The first kappa shape index (κ1) is 11.9. The quantitative estimate of drug-likeness (QED) is 0.777. The van der Waals surface area contributed by atoms with Gasteiger partial charge in [-0.1, -0.05) is 6.92 Å². The Morgan fingerprint density at radius 1 is 1.67 bits per heavy atom. The Morgan fingerprint density at radius 3 is 2.93 bits per heavy atom. The number of carbonyl (C=O) groups is 1. The number of carboxylic acids is 1. The third kappa shape index (κ3) is 4.73. The average Bonchev–Trinajstić information content (AvgIpc) is 2.58. The van der Waals surface area contributed by atoms with Crippen LogP contribution in [0, 0.1) is 12.8 Å². The maximum atomic E-state index is 10.3. The summed E-state index contributed by atoms with van der Waals surface area (Å²) in [6.45, 7) is 4.60. The zero-order chi connectivity index (χ0) is 11.3. The molecule has 0 aliphatic rings. The van der Waals surface area contributed by atoms with Gasteiger partial charge in [-0.15, -0.1) is 0 Å². The maximum absolute atomic E-state index is 10.3. The molecule has 0 bridgehead atoms. The van der Waals surface area contributed by atoms with Gasteiger partial charge < -0.3 is 10.4 Å². The Morgan fingerprint density at radius 2 is 2.40 bits per heavy atom. The van der Waals surface area contributed by atoms with E-state index >= 15 is 0 Å². The first-order valence-electron chi connectivity index (χ1n) is 4.84. The van der Waals surface area contributed by atoms with Gasteiger partial charge in [-0.3, -0.25) is 4.79 Å². The highest BCUT2D eigenvalue weighted by Gasteiger charge is 2.06. The molecule has 84 valence electrons. The molecule has 5 nitrogen and oxygen atoms in total. The summed E-state index contributed by atoms with van der Waals surface area (Å²) in [4.78, 5) is 14.5. The van der Waals surface area contributed by atoms with Crippen LogP contribution in [0.2, 0.25) is 0 Å². The molecule has 0 radical (unpaired) electrons. The topological polar surface area (TPSA) is 75.1 Å². The summed E-state index contributed by atoms with van der Waals surface area (Å²) in [6.07, 6.45) is 0.901. The van der Waals surface area contributed by atoms with Gasteiger partial charge in [-0.25, -0.2) is 4.98 Å². The number of aromatic nitrogens is 2. The molecule has 0 spiro atoms. The molecular weight excluding hydrogens is 214 g/mol. The summed E-state index contributed by atoms with van der Waals surface area (Å²) < 4.78 is 4.04. The molecule has 1 rings (SSSR count). The second-order valence-electron chi connectivity index (χ2n) is 3.57. The fourth-order valence-corrected chi connectivity index (χ4v) is 1.68. The lowest BCUT2D eigenvalue weighted by Crippen LogP contribution is -2.12. The number of aliphatic carboxylic acids is 1.